The third-order valence-corrected chi connectivity index (χ3v) is 6.95. The smallest absolute Gasteiger partial charge is 0.268 e. The zero-order valence-electron chi connectivity index (χ0n) is 12.2. The predicted octanol–water partition coefficient (Wildman–Crippen LogP) is 3.68. The molecule has 1 saturated heterocycles. The zero-order chi connectivity index (χ0) is 17.5. The lowest BCUT2D eigenvalue weighted by atomic mass is 10.1. The number of carbonyl (C=O) groups is 1. The third-order valence-electron chi connectivity index (χ3n) is 3.78. The Morgan fingerprint density at radius 1 is 1.21 bits per heavy atom. The van der Waals surface area contributed by atoms with Gasteiger partial charge in [-0.1, -0.05) is 30.3 Å². The van der Waals surface area contributed by atoms with E-state index in [1.165, 1.54) is 0 Å². The minimum Gasteiger partial charge on any atom is -0.268 e. The average molecular weight is 375 g/mol. The van der Waals surface area contributed by atoms with Crippen molar-refractivity contribution in [2.45, 2.75) is 17.8 Å². The van der Waals surface area contributed by atoms with E-state index in [0.29, 0.717) is 27.3 Å². The maximum absolute atomic E-state index is 12.6. The van der Waals surface area contributed by atoms with Crippen molar-refractivity contribution in [1.82, 2.24) is 4.31 Å². The molecule has 1 fully saturated rings. The van der Waals surface area contributed by atoms with Crippen LogP contribution >= 0.6 is 11.3 Å². The highest BCUT2D eigenvalue weighted by Crippen LogP contribution is 2.38. The van der Waals surface area contributed by atoms with E-state index < -0.39 is 32.2 Å². The molecule has 4 nitrogen and oxygen atoms in total. The molecule has 9 heteroatoms. The first-order valence-electron chi connectivity index (χ1n) is 6.98. The maximum atomic E-state index is 12.6. The summed E-state index contributed by atoms with van der Waals surface area (Å²) in [5.41, 5.74) is 0.304. The molecule has 0 saturated carbocycles. The number of carbonyl (C=O) groups excluding carboxylic acids is 1. The van der Waals surface area contributed by atoms with Crippen LogP contribution in [-0.4, -0.2) is 25.2 Å². The Bertz CT molecular complexity index is 860. The van der Waals surface area contributed by atoms with Crippen LogP contribution in [0.5, 0.6) is 0 Å². The summed E-state index contributed by atoms with van der Waals surface area (Å²) in [5.74, 6) is -0.916. The highest BCUT2D eigenvalue weighted by molar-refractivity contribution is 7.90. The van der Waals surface area contributed by atoms with E-state index in [1.54, 1.807) is 30.3 Å². The monoisotopic (exact) mass is 375 g/mol. The molecule has 1 aromatic heterocycles. The van der Waals surface area contributed by atoms with Gasteiger partial charge in [0.15, 0.2) is 0 Å². The Kier molecular flexibility index (Phi) is 4.16. The van der Waals surface area contributed by atoms with Gasteiger partial charge >= 0.3 is 6.18 Å². The average Bonchev–Trinajstić information content (AvgIpc) is 3.11. The number of sulfonamides is 1. The fraction of sp³-hybridized carbons (Fsp3) is 0.267. The molecule has 2 heterocycles. The van der Waals surface area contributed by atoms with Crippen molar-refractivity contribution in [1.29, 1.82) is 0 Å². The third kappa shape index (κ3) is 2.93. The van der Waals surface area contributed by atoms with Gasteiger partial charge in [0.1, 0.15) is 10.1 Å². The predicted molar refractivity (Wildman–Crippen MR) is 83.1 cm³/mol. The van der Waals surface area contributed by atoms with Crippen LogP contribution in [0.2, 0.25) is 0 Å². The Morgan fingerprint density at radius 3 is 2.46 bits per heavy atom. The fourth-order valence-corrected chi connectivity index (χ4v) is 5.29. The summed E-state index contributed by atoms with van der Waals surface area (Å²) in [6.07, 6.45) is -4.34. The minimum atomic E-state index is -4.56. The van der Waals surface area contributed by atoms with Crippen LogP contribution in [0, 0.1) is 0 Å². The lowest BCUT2D eigenvalue weighted by Gasteiger charge is -2.16. The summed E-state index contributed by atoms with van der Waals surface area (Å²) in [6, 6.07) is 9.15. The van der Waals surface area contributed by atoms with E-state index in [9.17, 15) is 26.4 Å². The number of benzene rings is 1. The molecular formula is C15H12F3NO3S2. The highest BCUT2D eigenvalue weighted by atomic mass is 32.2. The van der Waals surface area contributed by atoms with E-state index >= 15 is 0 Å². The lowest BCUT2D eigenvalue weighted by molar-refractivity contribution is -0.134. The molecule has 0 spiro atoms. The summed E-state index contributed by atoms with van der Waals surface area (Å²) >= 11 is 0.374. The highest BCUT2D eigenvalue weighted by Gasteiger charge is 2.43. The van der Waals surface area contributed by atoms with E-state index in [-0.39, 0.29) is 18.5 Å². The van der Waals surface area contributed by atoms with Gasteiger partial charge < -0.3 is 0 Å². The number of rotatable bonds is 2. The van der Waals surface area contributed by atoms with Crippen molar-refractivity contribution in [3.63, 3.8) is 0 Å². The topological polar surface area (TPSA) is 54.5 Å². The van der Waals surface area contributed by atoms with Crippen molar-refractivity contribution >= 4 is 27.3 Å². The summed E-state index contributed by atoms with van der Waals surface area (Å²) in [7, 11) is -3.95. The number of hydrogen-bond donors (Lipinski definition) is 0. The largest absolute Gasteiger partial charge is 0.425 e. The molecule has 0 N–H and O–H groups in total. The van der Waals surface area contributed by atoms with Gasteiger partial charge in [0, 0.05) is 11.9 Å². The Labute approximate surface area is 140 Å². The van der Waals surface area contributed by atoms with Gasteiger partial charge in [0.2, 0.25) is 10.0 Å². The number of amides is 1. The summed E-state index contributed by atoms with van der Waals surface area (Å²) in [5, 5.41) is 0.180. The van der Waals surface area contributed by atoms with E-state index in [2.05, 4.69) is 0 Å². The zero-order valence-corrected chi connectivity index (χ0v) is 13.8. The molecule has 1 atom stereocenters. The van der Waals surface area contributed by atoms with Gasteiger partial charge in [-0.15, -0.1) is 11.3 Å². The number of halogens is 3. The molecule has 0 radical (unpaired) electrons. The van der Waals surface area contributed by atoms with Crippen molar-refractivity contribution in [2.24, 2.45) is 0 Å². The van der Waals surface area contributed by atoms with Gasteiger partial charge in [0.25, 0.3) is 5.91 Å². The van der Waals surface area contributed by atoms with E-state index in [0.717, 1.165) is 5.38 Å². The minimum absolute atomic E-state index is 0.0437. The van der Waals surface area contributed by atoms with Crippen LogP contribution in [-0.2, 0) is 16.2 Å². The van der Waals surface area contributed by atoms with Crippen LogP contribution in [0.4, 0.5) is 13.2 Å². The second-order valence-corrected chi connectivity index (χ2v) is 8.26. The number of thiophene rings is 1. The Morgan fingerprint density at radius 2 is 1.88 bits per heavy atom. The second kappa shape index (κ2) is 5.89. The number of alkyl halides is 3. The van der Waals surface area contributed by atoms with Gasteiger partial charge in [0.05, 0.1) is 5.56 Å². The number of hydrogen-bond acceptors (Lipinski definition) is 4. The molecule has 1 amide bonds. The molecule has 128 valence electrons. The molecular weight excluding hydrogens is 363 g/mol. The fourth-order valence-electron chi connectivity index (χ4n) is 2.63. The molecule has 1 aliphatic heterocycles. The SMILES string of the molecule is O=C(c1csc(C(F)(F)F)c1)N1CCC(c2ccccc2)S1(=O)=O. The van der Waals surface area contributed by atoms with Crippen LogP contribution in [0.15, 0.2) is 41.8 Å². The van der Waals surface area contributed by atoms with Crippen molar-refractivity contribution in [3.05, 3.63) is 57.8 Å². The molecule has 0 aliphatic carbocycles. The Hall–Kier alpha value is -1.87. The van der Waals surface area contributed by atoms with Crippen LogP contribution in [0.25, 0.3) is 0 Å². The van der Waals surface area contributed by atoms with Gasteiger partial charge in [-0.05, 0) is 18.1 Å². The normalized spacial score (nSPS) is 20.3. The van der Waals surface area contributed by atoms with Gasteiger partial charge in [-0.3, -0.25) is 4.79 Å². The first kappa shape index (κ1) is 17.0. The molecule has 24 heavy (non-hydrogen) atoms. The number of nitrogens with zero attached hydrogens (tertiary/aromatic N) is 1. The quantitative estimate of drug-likeness (QED) is 0.805. The van der Waals surface area contributed by atoms with Crippen LogP contribution < -0.4 is 0 Å². The van der Waals surface area contributed by atoms with Crippen molar-refractivity contribution < 1.29 is 26.4 Å². The van der Waals surface area contributed by atoms with Gasteiger partial charge in [-0.25, -0.2) is 12.7 Å². The standard InChI is InChI=1S/C15H12F3NO3S2/c16-15(17,18)13-8-11(9-23-13)14(20)19-7-6-12(24(19,21)22)10-4-2-1-3-5-10/h1-5,8-9,12H,6-7H2. The first-order chi connectivity index (χ1) is 11.2. The summed E-state index contributed by atoms with van der Waals surface area (Å²) < 4.78 is 63.8. The lowest BCUT2D eigenvalue weighted by Crippen LogP contribution is -2.33. The summed E-state index contributed by atoms with van der Waals surface area (Å²) in [6.45, 7) is -0.0437. The van der Waals surface area contributed by atoms with Crippen molar-refractivity contribution in [2.75, 3.05) is 6.54 Å². The molecule has 2 aromatic rings. The van der Waals surface area contributed by atoms with Crippen molar-refractivity contribution in [3.8, 4) is 0 Å². The molecule has 1 unspecified atom stereocenters. The van der Waals surface area contributed by atoms with E-state index in [1.807, 2.05) is 0 Å². The Balaban J connectivity index is 1.88. The van der Waals surface area contributed by atoms with Gasteiger partial charge in [-0.2, -0.15) is 13.2 Å². The van der Waals surface area contributed by atoms with Crippen LogP contribution in [0.3, 0.4) is 0 Å². The molecule has 1 aliphatic rings. The summed E-state index contributed by atoms with van der Waals surface area (Å²) in [4.78, 5) is 11.4. The van der Waals surface area contributed by atoms with E-state index in [4.69, 9.17) is 0 Å². The maximum Gasteiger partial charge on any atom is 0.425 e. The molecule has 0 bridgehead atoms. The molecule has 1 aromatic carbocycles. The van der Waals surface area contributed by atoms with Crippen LogP contribution in [0.1, 0.15) is 32.5 Å². The molecule has 3 rings (SSSR count). The first-order valence-corrected chi connectivity index (χ1v) is 9.36. The second-order valence-electron chi connectivity index (χ2n) is 5.31.